The van der Waals surface area contributed by atoms with Gasteiger partial charge in [-0.2, -0.15) is 0 Å². The third-order valence-corrected chi connectivity index (χ3v) is 3.66. The maximum Gasteiger partial charge on any atom is 0.259 e. The molecule has 1 heterocycles. The van der Waals surface area contributed by atoms with E-state index < -0.39 is 5.91 Å². The highest BCUT2D eigenvalue weighted by Gasteiger charge is 2.15. The molecule has 22 heavy (non-hydrogen) atoms. The molecular formula is C17H13ClN2O2. The van der Waals surface area contributed by atoms with Crippen molar-refractivity contribution in [2.45, 2.75) is 6.92 Å². The van der Waals surface area contributed by atoms with E-state index in [4.69, 9.17) is 11.6 Å². The summed E-state index contributed by atoms with van der Waals surface area (Å²) in [6.45, 7) is 1.85. The average Bonchev–Trinajstić information content (AvgIpc) is 2.50. The molecule has 0 bridgehead atoms. The first-order chi connectivity index (χ1) is 10.6. The summed E-state index contributed by atoms with van der Waals surface area (Å²) in [5.74, 6) is -0.516. The molecular weight excluding hydrogens is 300 g/mol. The number of nitrogens with one attached hydrogen (secondary N) is 1. The fraction of sp³-hybridized carbons (Fsp3) is 0.0588. The van der Waals surface area contributed by atoms with E-state index in [-0.39, 0.29) is 11.3 Å². The Morgan fingerprint density at radius 1 is 1.23 bits per heavy atom. The fourth-order valence-electron chi connectivity index (χ4n) is 2.27. The number of aromatic nitrogens is 1. The number of halogens is 1. The molecule has 0 unspecified atom stereocenters. The second-order valence-electron chi connectivity index (χ2n) is 4.95. The number of phenols is 1. The summed E-state index contributed by atoms with van der Waals surface area (Å²) in [5.41, 5.74) is 2.08. The topological polar surface area (TPSA) is 62.2 Å². The van der Waals surface area contributed by atoms with Crippen molar-refractivity contribution in [3.63, 3.8) is 0 Å². The van der Waals surface area contributed by atoms with Crippen LogP contribution in [0.5, 0.6) is 5.75 Å². The zero-order valence-corrected chi connectivity index (χ0v) is 12.6. The average molecular weight is 313 g/mol. The minimum atomic E-state index is -0.393. The summed E-state index contributed by atoms with van der Waals surface area (Å²) in [6.07, 6.45) is 1.58. The third-order valence-electron chi connectivity index (χ3n) is 3.43. The van der Waals surface area contributed by atoms with Crippen LogP contribution in [0.1, 0.15) is 15.9 Å². The SMILES string of the molecule is Cc1cc(Cl)ccc1NC(=O)c1ccc2cccnc2c1O. The van der Waals surface area contributed by atoms with E-state index in [1.807, 2.05) is 13.0 Å². The Balaban J connectivity index is 1.97. The van der Waals surface area contributed by atoms with Crippen molar-refractivity contribution in [2.24, 2.45) is 0 Å². The lowest BCUT2D eigenvalue weighted by Gasteiger charge is -2.10. The normalized spacial score (nSPS) is 10.6. The van der Waals surface area contributed by atoms with E-state index in [0.717, 1.165) is 10.9 Å². The van der Waals surface area contributed by atoms with Gasteiger partial charge in [-0.25, -0.2) is 0 Å². The molecule has 0 aliphatic heterocycles. The highest BCUT2D eigenvalue weighted by atomic mass is 35.5. The minimum Gasteiger partial charge on any atom is -0.505 e. The molecule has 3 rings (SSSR count). The van der Waals surface area contributed by atoms with Crippen LogP contribution in [0.4, 0.5) is 5.69 Å². The van der Waals surface area contributed by atoms with Crippen molar-refractivity contribution in [3.8, 4) is 5.75 Å². The van der Waals surface area contributed by atoms with Crippen LogP contribution in [-0.4, -0.2) is 16.0 Å². The van der Waals surface area contributed by atoms with E-state index in [2.05, 4.69) is 10.3 Å². The number of aryl methyl sites for hydroxylation is 1. The molecule has 1 amide bonds. The molecule has 0 spiro atoms. The first-order valence-corrected chi connectivity index (χ1v) is 7.08. The van der Waals surface area contributed by atoms with Gasteiger partial charge < -0.3 is 10.4 Å². The van der Waals surface area contributed by atoms with Gasteiger partial charge in [-0.1, -0.05) is 23.7 Å². The van der Waals surface area contributed by atoms with Crippen molar-refractivity contribution in [3.05, 3.63) is 64.8 Å². The molecule has 4 nitrogen and oxygen atoms in total. The molecule has 2 N–H and O–H groups in total. The predicted molar refractivity (Wildman–Crippen MR) is 87.6 cm³/mol. The maximum absolute atomic E-state index is 12.4. The van der Waals surface area contributed by atoms with Gasteiger partial charge in [-0.3, -0.25) is 9.78 Å². The summed E-state index contributed by atoms with van der Waals surface area (Å²) < 4.78 is 0. The molecule has 0 aliphatic rings. The number of fused-ring (bicyclic) bond motifs is 1. The third kappa shape index (κ3) is 2.61. The summed E-state index contributed by atoms with van der Waals surface area (Å²) in [6, 6.07) is 12.1. The van der Waals surface area contributed by atoms with Gasteiger partial charge in [0.1, 0.15) is 5.52 Å². The van der Waals surface area contributed by atoms with Crippen molar-refractivity contribution in [2.75, 3.05) is 5.32 Å². The summed E-state index contributed by atoms with van der Waals surface area (Å²) in [5, 5.41) is 14.4. The molecule has 0 radical (unpaired) electrons. The van der Waals surface area contributed by atoms with Crippen LogP contribution in [-0.2, 0) is 0 Å². The number of carbonyl (C=O) groups is 1. The van der Waals surface area contributed by atoms with E-state index >= 15 is 0 Å². The number of anilines is 1. The number of pyridine rings is 1. The molecule has 0 fully saturated rings. The maximum atomic E-state index is 12.4. The Kier molecular flexibility index (Phi) is 3.69. The van der Waals surface area contributed by atoms with Gasteiger partial charge >= 0.3 is 0 Å². The standard InChI is InChI=1S/C17H13ClN2O2/c1-10-9-12(18)5-7-14(10)20-17(22)13-6-4-11-3-2-8-19-15(11)16(13)21/h2-9,21H,1H3,(H,20,22). The van der Waals surface area contributed by atoms with E-state index in [9.17, 15) is 9.90 Å². The van der Waals surface area contributed by atoms with Crippen LogP contribution >= 0.6 is 11.6 Å². The summed E-state index contributed by atoms with van der Waals surface area (Å²) in [7, 11) is 0. The Labute approximate surface area is 132 Å². The predicted octanol–water partition coefficient (Wildman–Crippen LogP) is 4.15. The van der Waals surface area contributed by atoms with Gasteiger partial charge in [0, 0.05) is 22.3 Å². The van der Waals surface area contributed by atoms with E-state index in [1.54, 1.807) is 42.6 Å². The smallest absolute Gasteiger partial charge is 0.259 e. The Morgan fingerprint density at radius 3 is 2.82 bits per heavy atom. The number of aromatic hydroxyl groups is 1. The lowest BCUT2D eigenvalue weighted by atomic mass is 10.1. The van der Waals surface area contributed by atoms with Crippen molar-refractivity contribution in [1.82, 2.24) is 4.98 Å². The molecule has 5 heteroatoms. The number of nitrogens with zero attached hydrogens (tertiary/aromatic N) is 1. The summed E-state index contributed by atoms with van der Waals surface area (Å²) in [4.78, 5) is 16.5. The number of carbonyl (C=O) groups excluding carboxylic acids is 1. The van der Waals surface area contributed by atoms with Gasteiger partial charge in [0.2, 0.25) is 0 Å². The Bertz CT molecular complexity index is 878. The van der Waals surface area contributed by atoms with Gasteiger partial charge in [0.05, 0.1) is 5.56 Å². The number of hydrogen-bond acceptors (Lipinski definition) is 3. The van der Waals surface area contributed by atoms with Gasteiger partial charge in [-0.05, 0) is 42.8 Å². The molecule has 0 aliphatic carbocycles. The second kappa shape index (κ2) is 5.66. The van der Waals surface area contributed by atoms with Crippen LogP contribution in [0, 0.1) is 6.92 Å². The van der Waals surface area contributed by atoms with E-state index in [0.29, 0.717) is 16.2 Å². The largest absolute Gasteiger partial charge is 0.505 e. The molecule has 0 atom stereocenters. The number of benzene rings is 2. The number of phenolic OH excluding ortho intramolecular Hbond substituents is 1. The van der Waals surface area contributed by atoms with Crippen molar-refractivity contribution < 1.29 is 9.90 Å². The van der Waals surface area contributed by atoms with Crippen molar-refractivity contribution in [1.29, 1.82) is 0 Å². The molecule has 2 aromatic carbocycles. The quantitative estimate of drug-likeness (QED) is 0.747. The van der Waals surface area contributed by atoms with E-state index in [1.165, 1.54) is 0 Å². The first kappa shape index (κ1) is 14.4. The lowest BCUT2D eigenvalue weighted by Crippen LogP contribution is -2.13. The molecule has 110 valence electrons. The van der Waals surface area contributed by atoms with Crippen LogP contribution in [0.25, 0.3) is 10.9 Å². The van der Waals surface area contributed by atoms with Gasteiger partial charge in [0.25, 0.3) is 5.91 Å². The first-order valence-electron chi connectivity index (χ1n) is 6.70. The van der Waals surface area contributed by atoms with Crippen LogP contribution in [0.3, 0.4) is 0 Å². The van der Waals surface area contributed by atoms with Crippen LogP contribution in [0.15, 0.2) is 48.7 Å². The number of amides is 1. The van der Waals surface area contributed by atoms with Gasteiger partial charge in [0.15, 0.2) is 5.75 Å². The highest BCUT2D eigenvalue weighted by Crippen LogP contribution is 2.28. The highest BCUT2D eigenvalue weighted by molar-refractivity contribution is 6.30. The monoisotopic (exact) mass is 312 g/mol. The van der Waals surface area contributed by atoms with Crippen molar-refractivity contribution >= 4 is 34.1 Å². The Morgan fingerprint density at radius 2 is 2.05 bits per heavy atom. The number of hydrogen-bond donors (Lipinski definition) is 2. The molecule has 0 saturated carbocycles. The second-order valence-corrected chi connectivity index (χ2v) is 5.39. The zero-order chi connectivity index (χ0) is 15.7. The summed E-state index contributed by atoms with van der Waals surface area (Å²) >= 11 is 5.90. The van der Waals surface area contributed by atoms with Crippen LogP contribution < -0.4 is 5.32 Å². The van der Waals surface area contributed by atoms with Crippen LogP contribution in [0.2, 0.25) is 5.02 Å². The molecule has 0 saturated heterocycles. The molecule has 3 aromatic rings. The molecule has 1 aromatic heterocycles. The zero-order valence-electron chi connectivity index (χ0n) is 11.8. The fourth-order valence-corrected chi connectivity index (χ4v) is 2.50. The Hall–Kier alpha value is -2.59. The minimum absolute atomic E-state index is 0.123. The van der Waals surface area contributed by atoms with Gasteiger partial charge in [-0.15, -0.1) is 0 Å². The lowest BCUT2D eigenvalue weighted by molar-refractivity contribution is 0.102. The number of rotatable bonds is 2.